The number of aliphatic hydroxyl groups excluding tert-OH is 2. The molecular formula is C64H119NO5. The van der Waals surface area contributed by atoms with Crippen molar-refractivity contribution in [2.45, 2.75) is 334 Å². The number of rotatable bonds is 57. The fraction of sp³-hybridized carbons (Fsp3) is 0.844. The summed E-state index contributed by atoms with van der Waals surface area (Å²) < 4.78 is 5.49. The highest BCUT2D eigenvalue weighted by molar-refractivity contribution is 5.76. The van der Waals surface area contributed by atoms with Crippen LogP contribution in [0.5, 0.6) is 0 Å². The molecule has 0 heterocycles. The standard InChI is InChI=1S/C64H119NO5/c1-3-5-7-9-11-13-15-16-17-18-24-28-31-34-38-42-46-50-54-58-64(69)70-59-55-51-47-43-39-35-32-29-26-23-21-19-20-22-25-27-30-33-37-41-45-49-53-57-63(68)65-61(60-66)62(67)56-52-48-44-40-36-14-12-10-8-6-4-2/h16-17,19,21-22,25,52,56,61-62,66-67H,3-15,18,20,23-24,26-51,53-55,57-60H2,1-2H3,(H,65,68)/b17-16-,21-19-,25-22-,56-52+. The Morgan fingerprint density at radius 1 is 0.400 bits per heavy atom. The molecule has 3 N–H and O–H groups in total. The van der Waals surface area contributed by atoms with Gasteiger partial charge in [0.25, 0.3) is 0 Å². The zero-order valence-electron chi connectivity index (χ0n) is 46.7. The van der Waals surface area contributed by atoms with Gasteiger partial charge in [-0.25, -0.2) is 0 Å². The molecule has 0 saturated carbocycles. The maximum atomic E-state index is 12.4. The van der Waals surface area contributed by atoms with E-state index >= 15 is 0 Å². The molecule has 0 spiro atoms. The number of esters is 1. The largest absolute Gasteiger partial charge is 0.466 e. The Morgan fingerprint density at radius 3 is 1.10 bits per heavy atom. The maximum Gasteiger partial charge on any atom is 0.305 e. The van der Waals surface area contributed by atoms with E-state index in [1.165, 1.54) is 231 Å². The molecule has 0 aliphatic carbocycles. The summed E-state index contributed by atoms with van der Waals surface area (Å²) in [7, 11) is 0. The van der Waals surface area contributed by atoms with E-state index in [-0.39, 0.29) is 18.5 Å². The number of ether oxygens (including phenoxy) is 1. The van der Waals surface area contributed by atoms with Crippen LogP contribution in [0.15, 0.2) is 48.6 Å². The molecule has 1 amide bonds. The molecule has 0 aromatic rings. The van der Waals surface area contributed by atoms with Crippen LogP contribution in [-0.4, -0.2) is 47.4 Å². The minimum Gasteiger partial charge on any atom is -0.466 e. The molecule has 2 unspecified atom stereocenters. The predicted molar refractivity (Wildman–Crippen MR) is 306 cm³/mol. The van der Waals surface area contributed by atoms with Gasteiger partial charge in [-0.3, -0.25) is 9.59 Å². The first-order chi connectivity index (χ1) is 34.5. The number of carbonyl (C=O) groups is 2. The Balaban J connectivity index is 3.43. The van der Waals surface area contributed by atoms with Crippen LogP contribution in [0.3, 0.4) is 0 Å². The van der Waals surface area contributed by atoms with Crippen LogP contribution >= 0.6 is 0 Å². The van der Waals surface area contributed by atoms with E-state index in [0.717, 1.165) is 64.2 Å². The Bertz CT molecular complexity index is 1180. The first-order valence-corrected chi connectivity index (χ1v) is 30.9. The summed E-state index contributed by atoms with van der Waals surface area (Å²) in [5.74, 6) is -0.0743. The number of amides is 1. The van der Waals surface area contributed by atoms with Crippen LogP contribution in [0, 0.1) is 0 Å². The second-order valence-electron chi connectivity index (χ2n) is 21.0. The molecule has 6 heteroatoms. The van der Waals surface area contributed by atoms with Crippen LogP contribution in [0.4, 0.5) is 0 Å². The van der Waals surface area contributed by atoms with E-state index < -0.39 is 12.1 Å². The highest BCUT2D eigenvalue weighted by atomic mass is 16.5. The summed E-state index contributed by atoms with van der Waals surface area (Å²) in [5.41, 5.74) is 0. The fourth-order valence-electron chi connectivity index (χ4n) is 9.31. The lowest BCUT2D eigenvalue weighted by Gasteiger charge is -2.20. The Hall–Kier alpha value is -2.18. The number of nitrogens with one attached hydrogen (secondary N) is 1. The van der Waals surface area contributed by atoms with Crippen molar-refractivity contribution in [1.29, 1.82) is 0 Å². The van der Waals surface area contributed by atoms with Gasteiger partial charge >= 0.3 is 5.97 Å². The zero-order valence-corrected chi connectivity index (χ0v) is 46.7. The highest BCUT2D eigenvalue weighted by Gasteiger charge is 2.18. The van der Waals surface area contributed by atoms with Gasteiger partial charge in [-0.2, -0.15) is 0 Å². The van der Waals surface area contributed by atoms with Gasteiger partial charge in [-0.15, -0.1) is 0 Å². The van der Waals surface area contributed by atoms with Crippen molar-refractivity contribution in [2.75, 3.05) is 13.2 Å². The van der Waals surface area contributed by atoms with Crippen LogP contribution in [0.1, 0.15) is 322 Å². The lowest BCUT2D eigenvalue weighted by Crippen LogP contribution is -2.45. The van der Waals surface area contributed by atoms with Crippen molar-refractivity contribution in [3.63, 3.8) is 0 Å². The Morgan fingerprint density at radius 2 is 0.714 bits per heavy atom. The van der Waals surface area contributed by atoms with Crippen molar-refractivity contribution in [3.8, 4) is 0 Å². The lowest BCUT2D eigenvalue weighted by molar-refractivity contribution is -0.143. The van der Waals surface area contributed by atoms with Crippen molar-refractivity contribution in [3.05, 3.63) is 48.6 Å². The summed E-state index contributed by atoms with van der Waals surface area (Å²) >= 11 is 0. The van der Waals surface area contributed by atoms with Crippen molar-refractivity contribution in [1.82, 2.24) is 5.32 Å². The molecule has 6 nitrogen and oxygen atoms in total. The molecule has 0 aliphatic heterocycles. The third kappa shape index (κ3) is 55.1. The van der Waals surface area contributed by atoms with E-state index in [4.69, 9.17) is 4.74 Å². The molecule has 0 radical (unpaired) electrons. The van der Waals surface area contributed by atoms with Crippen LogP contribution in [0.2, 0.25) is 0 Å². The first-order valence-electron chi connectivity index (χ1n) is 30.9. The molecule has 0 rings (SSSR count). The van der Waals surface area contributed by atoms with E-state index in [9.17, 15) is 19.8 Å². The molecule has 0 aliphatic rings. The first kappa shape index (κ1) is 67.8. The lowest BCUT2D eigenvalue weighted by atomic mass is 10.1. The topological polar surface area (TPSA) is 95.9 Å². The maximum absolute atomic E-state index is 12.4. The molecule has 0 saturated heterocycles. The van der Waals surface area contributed by atoms with Crippen LogP contribution in [0.25, 0.3) is 0 Å². The van der Waals surface area contributed by atoms with Gasteiger partial charge in [-0.05, 0) is 89.9 Å². The molecule has 0 aromatic heterocycles. The number of allylic oxidation sites excluding steroid dienone is 7. The number of unbranched alkanes of at least 4 members (excludes halogenated alkanes) is 40. The minimum absolute atomic E-state index is 0.00569. The summed E-state index contributed by atoms with van der Waals surface area (Å²) in [6.45, 7) is 4.88. The van der Waals surface area contributed by atoms with Gasteiger partial charge in [0.2, 0.25) is 5.91 Å². The average molecular weight is 983 g/mol. The highest BCUT2D eigenvalue weighted by Crippen LogP contribution is 2.16. The molecule has 410 valence electrons. The molecule has 70 heavy (non-hydrogen) atoms. The summed E-state index contributed by atoms with van der Waals surface area (Å²) in [6, 6.07) is -0.635. The quantitative estimate of drug-likeness (QED) is 0.0321. The van der Waals surface area contributed by atoms with Gasteiger partial charge in [0.05, 0.1) is 25.4 Å². The van der Waals surface area contributed by atoms with Gasteiger partial charge in [-0.1, -0.05) is 268 Å². The van der Waals surface area contributed by atoms with E-state index in [0.29, 0.717) is 19.4 Å². The van der Waals surface area contributed by atoms with Gasteiger partial charge in [0, 0.05) is 12.8 Å². The molecular weight excluding hydrogens is 863 g/mol. The predicted octanol–water partition coefficient (Wildman–Crippen LogP) is 19.4. The number of hydrogen-bond acceptors (Lipinski definition) is 5. The average Bonchev–Trinajstić information content (AvgIpc) is 3.36. The van der Waals surface area contributed by atoms with E-state index in [2.05, 4.69) is 55.6 Å². The summed E-state index contributed by atoms with van der Waals surface area (Å²) in [6.07, 6.45) is 75.8. The minimum atomic E-state index is -0.850. The van der Waals surface area contributed by atoms with E-state index in [1.807, 2.05) is 6.08 Å². The Kier molecular flexibility index (Phi) is 57.5. The Labute approximate surface area is 436 Å². The second-order valence-corrected chi connectivity index (χ2v) is 21.0. The zero-order chi connectivity index (χ0) is 50.7. The molecule has 0 aromatic carbocycles. The monoisotopic (exact) mass is 982 g/mol. The number of hydrogen-bond donors (Lipinski definition) is 3. The third-order valence-corrected chi connectivity index (χ3v) is 14.1. The molecule has 0 bridgehead atoms. The van der Waals surface area contributed by atoms with Crippen molar-refractivity contribution < 1.29 is 24.5 Å². The molecule has 0 fully saturated rings. The van der Waals surface area contributed by atoms with E-state index in [1.54, 1.807) is 6.08 Å². The van der Waals surface area contributed by atoms with Crippen molar-refractivity contribution in [2.24, 2.45) is 0 Å². The third-order valence-electron chi connectivity index (χ3n) is 14.1. The normalized spacial score (nSPS) is 12.9. The smallest absolute Gasteiger partial charge is 0.305 e. The fourth-order valence-corrected chi connectivity index (χ4v) is 9.31. The number of aliphatic hydroxyl groups is 2. The van der Waals surface area contributed by atoms with Gasteiger partial charge in [0.15, 0.2) is 0 Å². The van der Waals surface area contributed by atoms with Gasteiger partial charge < -0.3 is 20.3 Å². The van der Waals surface area contributed by atoms with Crippen molar-refractivity contribution >= 4 is 11.9 Å². The van der Waals surface area contributed by atoms with Crippen LogP contribution < -0.4 is 5.32 Å². The summed E-state index contributed by atoms with van der Waals surface area (Å²) in [4.78, 5) is 24.5. The molecule has 2 atom stereocenters. The SMILES string of the molecule is CCCCCCCC/C=C\CCCCCCCCCCCC(=O)OCCCCCCCCCCC/C=C\C/C=C\CCCCCCCCCC(=O)NC(CO)C(O)/C=C/CCCCCCCCCCC. The summed E-state index contributed by atoms with van der Waals surface area (Å²) in [5, 5.41) is 23.0. The second kappa shape index (κ2) is 59.4. The van der Waals surface area contributed by atoms with Gasteiger partial charge in [0.1, 0.15) is 0 Å². The number of carbonyl (C=O) groups excluding carboxylic acids is 2. The van der Waals surface area contributed by atoms with Crippen LogP contribution in [-0.2, 0) is 14.3 Å².